The first-order valence-electron chi connectivity index (χ1n) is 12.7. The maximum absolute atomic E-state index is 10.7. The van der Waals surface area contributed by atoms with Crippen molar-refractivity contribution < 1.29 is 13.8 Å². The van der Waals surface area contributed by atoms with Crippen molar-refractivity contribution >= 4 is 48.6 Å². The zero-order valence-electron chi connectivity index (χ0n) is 22.6. The molecule has 0 amide bonds. The summed E-state index contributed by atoms with van der Waals surface area (Å²) in [5.74, 6) is 0.212. The smallest absolute Gasteiger partial charge is 0.407 e. The Kier molecular flexibility index (Phi) is 8.86. The molecule has 40 heavy (non-hydrogen) atoms. The van der Waals surface area contributed by atoms with Gasteiger partial charge in [0.25, 0.3) is 8.32 Å². The highest BCUT2D eigenvalue weighted by atomic mass is 28.4. The van der Waals surface area contributed by atoms with Crippen LogP contribution < -0.4 is 26.8 Å². The number of benzene rings is 2. The normalized spacial score (nSPS) is 12.0. The van der Waals surface area contributed by atoms with Crippen molar-refractivity contribution in [2.45, 2.75) is 32.2 Å². The van der Waals surface area contributed by atoms with Crippen LogP contribution in [0.3, 0.4) is 0 Å². The molecule has 0 saturated heterocycles. The lowest BCUT2D eigenvalue weighted by Gasteiger charge is -2.43. The maximum Gasteiger partial charge on any atom is 0.433 e. The lowest BCUT2D eigenvalue weighted by atomic mass is 10.2. The summed E-state index contributed by atoms with van der Waals surface area (Å²) in [5.41, 5.74) is 8.46. The molecule has 0 unspecified atom stereocenters. The van der Waals surface area contributed by atoms with Crippen molar-refractivity contribution in [2.24, 2.45) is 5.10 Å². The number of nitrogen functional groups attached to an aromatic ring is 1. The SMILES string of the molecule is CC(C)(C)[Si](OCCCNc1nc(N)nc(N/N=C/c2ccc([N+](=O)[O-])o2)n1)(c1ccccc1)c1ccccc1. The number of anilines is 3. The van der Waals surface area contributed by atoms with Crippen molar-refractivity contribution in [3.63, 3.8) is 0 Å². The maximum atomic E-state index is 10.7. The first kappa shape index (κ1) is 28.4. The highest BCUT2D eigenvalue weighted by Crippen LogP contribution is 2.36. The number of aromatic nitrogens is 3. The molecular formula is C27H32N8O4Si. The first-order chi connectivity index (χ1) is 19.2. The Hall–Kier alpha value is -4.62. The van der Waals surface area contributed by atoms with Gasteiger partial charge in [0.15, 0.2) is 5.76 Å². The summed E-state index contributed by atoms with van der Waals surface area (Å²) < 4.78 is 11.9. The largest absolute Gasteiger partial charge is 0.433 e. The van der Waals surface area contributed by atoms with E-state index in [9.17, 15) is 10.1 Å². The summed E-state index contributed by atoms with van der Waals surface area (Å²) in [4.78, 5) is 22.5. The lowest BCUT2D eigenvalue weighted by Crippen LogP contribution is -2.66. The van der Waals surface area contributed by atoms with E-state index in [1.54, 1.807) is 0 Å². The van der Waals surface area contributed by atoms with Crippen molar-refractivity contribution in [3.05, 3.63) is 88.7 Å². The summed E-state index contributed by atoms with van der Waals surface area (Å²) in [5, 5.41) is 20.2. The van der Waals surface area contributed by atoms with Gasteiger partial charge in [-0.1, -0.05) is 81.4 Å². The van der Waals surface area contributed by atoms with Crippen LogP contribution in [0.5, 0.6) is 0 Å². The number of nitro groups is 1. The fourth-order valence-electron chi connectivity index (χ4n) is 4.44. The van der Waals surface area contributed by atoms with Gasteiger partial charge in [-0.3, -0.25) is 10.1 Å². The predicted octanol–water partition coefficient (Wildman–Crippen LogP) is 3.78. The van der Waals surface area contributed by atoms with Gasteiger partial charge in [0.1, 0.15) is 4.92 Å². The number of hydrogen-bond donors (Lipinski definition) is 3. The molecule has 0 radical (unpaired) electrons. The zero-order chi connectivity index (χ0) is 28.6. The Bertz CT molecular complexity index is 1400. The van der Waals surface area contributed by atoms with E-state index in [0.29, 0.717) is 19.6 Å². The number of hydrazone groups is 1. The third kappa shape index (κ3) is 6.68. The van der Waals surface area contributed by atoms with Crippen LogP contribution in [0.15, 0.2) is 82.3 Å². The van der Waals surface area contributed by atoms with Crippen molar-refractivity contribution in [1.29, 1.82) is 0 Å². The molecule has 0 saturated carbocycles. The topological polar surface area (TPSA) is 167 Å². The summed E-state index contributed by atoms with van der Waals surface area (Å²) in [6.07, 6.45) is 1.97. The molecule has 0 fully saturated rings. The molecular weight excluding hydrogens is 528 g/mol. The summed E-state index contributed by atoms with van der Waals surface area (Å²) in [7, 11) is -2.60. The monoisotopic (exact) mass is 560 g/mol. The number of furan rings is 1. The molecule has 2 heterocycles. The van der Waals surface area contributed by atoms with Crippen LogP contribution in [-0.4, -0.2) is 47.6 Å². The van der Waals surface area contributed by atoms with Crippen LogP contribution in [0.2, 0.25) is 5.04 Å². The van der Waals surface area contributed by atoms with Crippen LogP contribution in [0.25, 0.3) is 0 Å². The van der Waals surface area contributed by atoms with Gasteiger partial charge in [0, 0.05) is 13.2 Å². The average molecular weight is 561 g/mol. The Labute approximate surface area is 233 Å². The zero-order valence-corrected chi connectivity index (χ0v) is 23.6. The van der Waals surface area contributed by atoms with E-state index in [4.69, 9.17) is 14.6 Å². The number of nitrogens with one attached hydrogen (secondary N) is 2. The van der Waals surface area contributed by atoms with Gasteiger partial charge in [-0.05, 0) is 27.9 Å². The summed E-state index contributed by atoms with van der Waals surface area (Å²) in [6.45, 7) is 7.81. The molecule has 0 aliphatic carbocycles. The first-order valence-corrected chi connectivity index (χ1v) is 14.6. The molecule has 0 aliphatic rings. The van der Waals surface area contributed by atoms with Gasteiger partial charge in [-0.25, -0.2) is 5.43 Å². The molecule has 208 valence electrons. The van der Waals surface area contributed by atoms with Gasteiger partial charge in [-0.15, -0.1) is 0 Å². The second-order valence-electron chi connectivity index (χ2n) is 9.94. The van der Waals surface area contributed by atoms with E-state index in [-0.39, 0.29) is 34.5 Å². The fraction of sp³-hybridized carbons (Fsp3) is 0.259. The molecule has 0 bridgehead atoms. The predicted molar refractivity (Wildman–Crippen MR) is 157 cm³/mol. The Balaban J connectivity index is 1.39. The molecule has 13 heteroatoms. The minimum atomic E-state index is -2.60. The highest BCUT2D eigenvalue weighted by molar-refractivity contribution is 6.99. The van der Waals surface area contributed by atoms with E-state index in [0.717, 1.165) is 0 Å². The van der Waals surface area contributed by atoms with E-state index < -0.39 is 13.2 Å². The van der Waals surface area contributed by atoms with Crippen LogP contribution in [-0.2, 0) is 4.43 Å². The standard InChI is InChI=1S/C27H32N8O4Si/c1-27(2,3)40(21-11-6-4-7-12-21,22-13-8-5-9-14-22)38-18-10-17-29-25-31-24(28)32-26(33-25)34-30-19-20-15-16-23(39-20)35(36)37/h4-9,11-16,19H,10,17-18H2,1-3H3,(H4,28,29,31,32,33,34)/b30-19+. The second-order valence-corrected chi connectivity index (χ2v) is 14.2. The molecule has 0 spiro atoms. The summed E-state index contributed by atoms with van der Waals surface area (Å²) in [6, 6.07) is 23.6. The Morgan fingerprint density at radius 1 is 1.00 bits per heavy atom. The molecule has 12 nitrogen and oxygen atoms in total. The summed E-state index contributed by atoms with van der Waals surface area (Å²) >= 11 is 0. The third-order valence-corrected chi connectivity index (χ3v) is 11.2. The fourth-order valence-corrected chi connectivity index (χ4v) is 9.05. The average Bonchev–Trinajstić information content (AvgIpc) is 3.40. The van der Waals surface area contributed by atoms with Crippen molar-refractivity contribution in [1.82, 2.24) is 15.0 Å². The number of rotatable bonds is 12. The quantitative estimate of drug-likeness (QED) is 0.0763. The van der Waals surface area contributed by atoms with Crippen LogP contribution in [0.1, 0.15) is 33.0 Å². The van der Waals surface area contributed by atoms with Crippen LogP contribution in [0.4, 0.5) is 23.7 Å². The molecule has 4 N–H and O–H groups in total. The minimum Gasteiger partial charge on any atom is -0.407 e. The third-order valence-electron chi connectivity index (χ3n) is 6.14. The minimum absolute atomic E-state index is 0.00685. The van der Waals surface area contributed by atoms with Gasteiger partial charge >= 0.3 is 5.88 Å². The molecule has 4 aromatic rings. The van der Waals surface area contributed by atoms with E-state index >= 15 is 0 Å². The van der Waals surface area contributed by atoms with E-state index in [1.165, 1.54) is 28.7 Å². The van der Waals surface area contributed by atoms with Gasteiger partial charge in [0.2, 0.25) is 17.8 Å². The van der Waals surface area contributed by atoms with Gasteiger partial charge in [-0.2, -0.15) is 20.1 Å². The number of nitrogens with two attached hydrogens (primary N) is 1. The van der Waals surface area contributed by atoms with Crippen LogP contribution in [0, 0.1) is 10.1 Å². The van der Waals surface area contributed by atoms with Crippen LogP contribution >= 0.6 is 0 Å². The lowest BCUT2D eigenvalue weighted by molar-refractivity contribution is -0.402. The van der Waals surface area contributed by atoms with E-state index in [2.05, 4.69) is 100 Å². The second kappa shape index (κ2) is 12.5. The van der Waals surface area contributed by atoms with Gasteiger partial charge in [0.05, 0.1) is 12.3 Å². The highest BCUT2D eigenvalue weighted by Gasteiger charge is 2.49. The van der Waals surface area contributed by atoms with Crippen molar-refractivity contribution in [2.75, 3.05) is 29.6 Å². The molecule has 0 aliphatic heterocycles. The van der Waals surface area contributed by atoms with Gasteiger partial charge < -0.3 is 19.9 Å². The molecule has 2 aromatic heterocycles. The molecule has 0 atom stereocenters. The van der Waals surface area contributed by atoms with Crippen molar-refractivity contribution in [3.8, 4) is 0 Å². The Morgan fingerprint density at radius 3 is 2.20 bits per heavy atom. The molecule has 4 rings (SSSR count). The van der Waals surface area contributed by atoms with E-state index in [1.807, 2.05) is 12.1 Å². The number of hydrogen-bond acceptors (Lipinski definition) is 11. The number of nitrogens with zero attached hydrogens (tertiary/aromatic N) is 5. The Morgan fingerprint density at radius 2 is 1.62 bits per heavy atom. The molecule has 2 aromatic carbocycles.